The third-order valence-corrected chi connectivity index (χ3v) is 1.67. The number of rotatable bonds is 1. The quantitative estimate of drug-likeness (QED) is 0.292. The SMILES string of the molecule is [2H][C@]1(O)[C@H](O)C(O)(CO)OC[C@@]1([2H])O. The first kappa shape index (κ1) is 7.19. The molecule has 0 amide bonds. The molecular weight excluding hydrogens is 168 g/mol. The Morgan fingerprint density at radius 3 is 2.58 bits per heavy atom. The van der Waals surface area contributed by atoms with Crippen LogP contribution in [0.3, 0.4) is 0 Å². The third-order valence-electron chi connectivity index (χ3n) is 1.67. The van der Waals surface area contributed by atoms with Gasteiger partial charge < -0.3 is 30.3 Å². The Bertz CT molecular complexity index is 232. The van der Waals surface area contributed by atoms with Crippen molar-refractivity contribution >= 4 is 0 Å². The Kier molecular flexibility index (Phi) is 1.95. The minimum Gasteiger partial charge on any atom is -0.391 e. The van der Waals surface area contributed by atoms with Gasteiger partial charge in [-0.25, -0.2) is 0 Å². The molecule has 6 nitrogen and oxygen atoms in total. The molecule has 0 aromatic carbocycles. The first-order valence-electron chi connectivity index (χ1n) is 4.27. The molecule has 12 heavy (non-hydrogen) atoms. The van der Waals surface area contributed by atoms with Crippen LogP contribution >= 0.6 is 0 Å². The standard InChI is InChI=1S/C6H12O6/c7-2-6(11)5(10)4(9)3(8)1-12-6/h3-5,7-11H,1-2H2/t3-,4-,5+,6?/m1/s1/i3D,4D. The van der Waals surface area contributed by atoms with E-state index in [1.807, 2.05) is 0 Å². The van der Waals surface area contributed by atoms with Crippen LogP contribution < -0.4 is 0 Å². The van der Waals surface area contributed by atoms with Crippen molar-refractivity contribution in [2.45, 2.75) is 24.1 Å². The zero-order valence-corrected chi connectivity index (χ0v) is 6.14. The summed E-state index contributed by atoms with van der Waals surface area (Å²) in [5.74, 6) is -2.54. The van der Waals surface area contributed by atoms with Gasteiger partial charge in [-0.2, -0.15) is 0 Å². The van der Waals surface area contributed by atoms with Gasteiger partial charge in [-0.05, 0) is 0 Å². The maximum atomic E-state index is 9.32. The van der Waals surface area contributed by atoms with Gasteiger partial charge in [-0.3, -0.25) is 0 Å². The maximum Gasteiger partial charge on any atom is 0.218 e. The van der Waals surface area contributed by atoms with Crippen molar-refractivity contribution in [3.8, 4) is 0 Å². The first-order chi connectivity index (χ1) is 6.17. The largest absolute Gasteiger partial charge is 0.391 e. The van der Waals surface area contributed by atoms with Crippen molar-refractivity contribution in [2.24, 2.45) is 0 Å². The van der Waals surface area contributed by atoms with E-state index in [1.54, 1.807) is 0 Å². The summed E-state index contributed by atoms with van der Waals surface area (Å²) in [6.45, 7) is -1.97. The van der Waals surface area contributed by atoms with Crippen molar-refractivity contribution < 1.29 is 33.0 Å². The van der Waals surface area contributed by atoms with Crippen LogP contribution in [-0.4, -0.2) is 62.8 Å². The van der Waals surface area contributed by atoms with E-state index in [-0.39, 0.29) is 0 Å². The second-order valence-corrected chi connectivity index (χ2v) is 2.53. The molecule has 0 bridgehead atoms. The molecule has 1 heterocycles. The molecule has 1 saturated heterocycles. The van der Waals surface area contributed by atoms with E-state index in [0.717, 1.165) is 0 Å². The van der Waals surface area contributed by atoms with E-state index in [1.165, 1.54) is 0 Å². The predicted octanol–water partition coefficient (Wildman–Crippen LogP) is -3.22. The summed E-state index contributed by atoms with van der Waals surface area (Å²) < 4.78 is 18.6. The molecule has 5 N–H and O–H groups in total. The summed E-state index contributed by atoms with van der Waals surface area (Å²) in [4.78, 5) is 0. The fourth-order valence-corrected chi connectivity index (χ4v) is 0.850. The van der Waals surface area contributed by atoms with Crippen LogP contribution in [0.1, 0.15) is 2.74 Å². The summed E-state index contributed by atoms with van der Waals surface area (Å²) in [7, 11) is 0. The zero-order chi connectivity index (χ0) is 11.2. The number of aliphatic hydroxyl groups excluding tert-OH is 2. The fraction of sp³-hybridized carbons (Fsp3) is 1.00. The van der Waals surface area contributed by atoms with Gasteiger partial charge in [-0.1, -0.05) is 0 Å². The third kappa shape index (κ3) is 1.45. The van der Waals surface area contributed by atoms with E-state index >= 15 is 0 Å². The zero-order valence-electron chi connectivity index (χ0n) is 8.14. The summed E-state index contributed by atoms with van der Waals surface area (Å²) in [6, 6.07) is 0. The first-order valence-corrected chi connectivity index (χ1v) is 3.27. The smallest absolute Gasteiger partial charge is 0.218 e. The maximum absolute atomic E-state index is 9.32. The van der Waals surface area contributed by atoms with Crippen molar-refractivity contribution in [3.05, 3.63) is 0 Å². The molecule has 0 radical (unpaired) electrons. The molecule has 1 aliphatic heterocycles. The normalized spacial score (nSPS) is 63.9. The van der Waals surface area contributed by atoms with Gasteiger partial charge in [-0.15, -0.1) is 0 Å². The summed E-state index contributed by atoms with van der Waals surface area (Å²) >= 11 is 0. The summed E-state index contributed by atoms with van der Waals surface area (Å²) in [6.07, 6.45) is -8.12. The molecule has 1 rings (SSSR count). The lowest BCUT2D eigenvalue weighted by Crippen LogP contribution is -2.62. The lowest BCUT2D eigenvalue weighted by Gasteiger charge is -2.40. The molecule has 0 spiro atoms. The Hall–Kier alpha value is -0.240. The summed E-state index contributed by atoms with van der Waals surface area (Å²) in [5, 5.41) is 45.6. The van der Waals surface area contributed by atoms with Gasteiger partial charge in [0.15, 0.2) is 0 Å². The molecule has 6 heteroatoms. The van der Waals surface area contributed by atoms with Crippen molar-refractivity contribution in [3.63, 3.8) is 0 Å². The average Bonchev–Trinajstić information content (AvgIpc) is 2.11. The van der Waals surface area contributed by atoms with Gasteiger partial charge in [0.2, 0.25) is 5.79 Å². The second-order valence-electron chi connectivity index (χ2n) is 2.53. The molecule has 0 aliphatic carbocycles. The Morgan fingerprint density at radius 2 is 2.08 bits per heavy atom. The highest BCUT2D eigenvalue weighted by atomic mass is 16.7. The molecule has 1 fully saturated rings. The van der Waals surface area contributed by atoms with Crippen LogP contribution in [0.15, 0.2) is 0 Å². The molecule has 0 saturated carbocycles. The number of ether oxygens (including phenoxy) is 1. The Morgan fingerprint density at radius 1 is 1.50 bits per heavy atom. The molecule has 0 aromatic heterocycles. The average molecular weight is 182 g/mol. The van der Waals surface area contributed by atoms with Crippen molar-refractivity contribution in [1.82, 2.24) is 0 Å². The molecule has 4 atom stereocenters. The lowest BCUT2D eigenvalue weighted by atomic mass is 9.98. The van der Waals surface area contributed by atoms with Crippen LogP contribution in [0.4, 0.5) is 0 Å². The van der Waals surface area contributed by atoms with Crippen molar-refractivity contribution in [2.75, 3.05) is 13.2 Å². The Labute approximate surface area is 71.5 Å². The topological polar surface area (TPSA) is 110 Å². The van der Waals surface area contributed by atoms with Gasteiger partial charge in [0.25, 0.3) is 0 Å². The van der Waals surface area contributed by atoms with Gasteiger partial charge in [0, 0.05) is 0 Å². The number of hydrogen-bond acceptors (Lipinski definition) is 6. The van der Waals surface area contributed by atoms with E-state index in [0.29, 0.717) is 0 Å². The van der Waals surface area contributed by atoms with Crippen LogP contribution in [-0.2, 0) is 4.74 Å². The van der Waals surface area contributed by atoms with Gasteiger partial charge in [0.05, 0.1) is 16.0 Å². The highest BCUT2D eigenvalue weighted by Gasteiger charge is 2.47. The lowest BCUT2D eigenvalue weighted by molar-refractivity contribution is -0.331. The molecule has 0 aromatic rings. The second kappa shape index (κ2) is 3.25. The number of aliphatic hydroxyl groups is 5. The molecule has 72 valence electrons. The van der Waals surface area contributed by atoms with Crippen molar-refractivity contribution in [1.29, 1.82) is 0 Å². The van der Waals surface area contributed by atoms with Crippen LogP contribution in [0, 0.1) is 0 Å². The Balaban J connectivity index is 3.01. The fourth-order valence-electron chi connectivity index (χ4n) is 0.850. The van der Waals surface area contributed by atoms with E-state index in [4.69, 9.17) is 13.0 Å². The van der Waals surface area contributed by atoms with Gasteiger partial charge >= 0.3 is 0 Å². The minimum atomic E-state index is -3.04. The van der Waals surface area contributed by atoms with Crippen LogP contribution in [0.2, 0.25) is 0 Å². The number of hydrogen-bond donors (Lipinski definition) is 5. The van der Waals surface area contributed by atoms with E-state index < -0.39 is 37.3 Å². The highest BCUT2D eigenvalue weighted by Crippen LogP contribution is 2.22. The predicted molar refractivity (Wildman–Crippen MR) is 36.0 cm³/mol. The van der Waals surface area contributed by atoms with E-state index in [9.17, 15) is 15.3 Å². The minimum absolute atomic E-state index is 0.902. The molecular formula is C6H12O6. The molecule has 1 unspecified atom stereocenters. The highest BCUT2D eigenvalue weighted by molar-refractivity contribution is 4.90. The monoisotopic (exact) mass is 182 g/mol. The van der Waals surface area contributed by atoms with Crippen LogP contribution in [0.25, 0.3) is 0 Å². The van der Waals surface area contributed by atoms with Crippen LogP contribution in [0.5, 0.6) is 0 Å². The summed E-state index contributed by atoms with van der Waals surface area (Å²) in [5.41, 5.74) is 0. The van der Waals surface area contributed by atoms with Gasteiger partial charge in [0.1, 0.15) is 18.3 Å². The molecule has 1 aliphatic rings. The van der Waals surface area contributed by atoms with E-state index in [2.05, 4.69) is 4.74 Å².